The van der Waals surface area contributed by atoms with Crippen LogP contribution < -0.4 is 26.0 Å². The van der Waals surface area contributed by atoms with E-state index < -0.39 is 6.04 Å². The molecule has 3 aliphatic rings. The number of benzene rings is 3. The zero-order valence-electron chi connectivity index (χ0n) is 35.8. The number of carbonyl (C=O) groups is 2. The van der Waals surface area contributed by atoms with Crippen LogP contribution in [0.2, 0.25) is 5.02 Å². The van der Waals surface area contributed by atoms with Crippen LogP contribution in [0.3, 0.4) is 0 Å². The molecular weight excluding hydrogens is 840 g/mol. The first-order valence-corrected chi connectivity index (χ1v) is 22.2. The third-order valence-corrected chi connectivity index (χ3v) is 12.4. The second kappa shape index (κ2) is 20.2. The standard InChI is InChI=1S/C47H51ClN8O6S/c1-28-30(3)63-47-44(28)45(32-5-8-35(48)9-6-32)53-40(46-55-54-31(4)56(46)47)27-43(58)51-36-10-12-37(13-11-36)62-24-23-61-22-21-60-20-19-59-18-17-49-41-16-14-38(29(2)50-41)33-7-15-39-34(25-33)26-42(57)52-39/h5-16,25,40-41,49-50H,17-24,26-27H2,1-4H3,(H,51,58)(H,52,57). The Morgan fingerprint density at radius 3 is 2.35 bits per heavy atom. The summed E-state index contributed by atoms with van der Waals surface area (Å²) in [6.07, 6.45) is 4.72. The summed E-state index contributed by atoms with van der Waals surface area (Å²) >= 11 is 7.92. The van der Waals surface area contributed by atoms with Gasteiger partial charge in [-0.2, -0.15) is 0 Å². The number of anilines is 2. The molecule has 8 rings (SSSR count). The molecule has 63 heavy (non-hydrogen) atoms. The van der Waals surface area contributed by atoms with Gasteiger partial charge >= 0.3 is 0 Å². The minimum Gasteiger partial charge on any atom is -0.491 e. The number of thiophene rings is 1. The maximum absolute atomic E-state index is 13.5. The van der Waals surface area contributed by atoms with Crippen molar-refractivity contribution in [1.29, 1.82) is 0 Å². The van der Waals surface area contributed by atoms with Gasteiger partial charge in [0.05, 0.1) is 64.4 Å². The third kappa shape index (κ3) is 10.6. The summed E-state index contributed by atoms with van der Waals surface area (Å²) < 4.78 is 24.9. The Bertz CT molecular complexity index is 2550. The van der Waals surface area contributed by atoms with Gasteiger partial charge in [0.15, 0.2) is 5.82 Å². The number of hydrogen-bond donors (Lipinski definition) is 4. The Kier molecular flexibility index (Phi) is 14.1. The van der Waals surface area contributed by atoms with Crippen molar-refractivity contribution in [2.45, 2.75) is 52.7 Å². The largest absolute Gasteiger partial charge is 0.491 e. The van der Waals surface area contributed by atoms with Gasteiger partial charge in [0.1, 0.15) is 29.2 Å². The lowest BCUT2D eigenvalue weighted by Gasteiger charge is -2.24. The first-order chi connectivity index (χ1) is 30.6. The molecule has 3 aromatic carbocycles. The van der Waals surface area contributed by atoms with Crippen LogP contribution >= 0.6 is 22.9 Å². The van der Waals surface area contributed by atoms with Crippen molar-refractivity contribution in [3.05, 3.63) is 134 Å². The molecule has 14 nitrogen and oxygen atoms in total. The maximum atomic E-state index is 13.5. The molecule has 4 N–H and O–H groups in total. The van der Waals surface area contributed by atoms with Crippen molar-refractivity contribution in [3.63, 3.8) is 0 Å². The molecule has 16 heteroatoms. The molecule has 2 atom stereocenters. The molecule has 328 valence electrons. The highest BCUT2D eigenvalue weighted by atomic mass is 35.5. The molecule has 0 saturated heterocycles. The highest BCUT2D eigenvalue weighted by Gasteiger charge is 2.32. The molecule has 0 bridgehead atoms. The predicted octanol–water partition coefficient (Wildman–Crippen LogP) is 7.26. The zero-order chi connectivity index (χ0) is 43.9. The van der Waals surface area contributed by atoms with Gasteiger partial charge in [0.25, 0.3) is 0 Å². The lowest BCUT2D eigenvalue weighted by molar-refractivity contribution is -0.117. The summed E-state index contributed by atoms with van der Waals surface area (Å²) in [6.45, 7) is 12.1. The number of carbonyl (C=O) groups excluding carboxylic acids is 2. The number of fused-ring (bicyclic) bond motifs is 4. The van der Waals surface area contributed by atoms with Crippen LogP contribution in [-0.4, -0.2) is 91.2 Å². The summed E-state index contributed by atoms with van der Waals surface area (Å²) in [7, 11) is 0. The molecule has 2 amide bonds. The normalized spacial score (nSPS) is 16.5. The molecular formula is C47H51ClN8O6S. The lowest BCUT2D eigenvalue weighted by atomic mass is 9.98. The number of allylic oxidation sites excluding steroid dienone is 3. The van der Waals surface area contributed by atoms with Crippen LogP contribution in [0.4, 0.5) is 11.4 Å². The average molecular weight is 891 g/mol. The van der Waals surface area contributed by atoms with Crippen LogP contribution in [0.5, 0.6) is 5.75 Å². The number of ether oxygens (including phenoxy) is 4. The van der Waals surface area contributed by atoms with Crippen LogP contribution in [0, 0.1) is 20.8 Å². The smallest absolute Gasteiger partial charge is 0.228 e. The number of rotatable bonds is 19. The number of aliphatic imine (C=N–C) groups is 1. The number of halogens is 1. The maximum Gasteiger partial charge on any atom is 0.228 e. The van der Waals surface area contributed by atoms with E-state index in [2.05, 4.69) is 70.5 Å². The molecule has 2 unspecified atom stereocenters. The summed E-state index contributed by atoms with van der Waals surface area (Å²) in [5, 5.41) is 23.4. The zero-order valence-corrected chi connectivity index (χ0v) is 37.3. The van der Waals surface area contributed by atoms with Gasteiger partial charge in [-0.15, -0.1) is 21.5 Å². The molecule has 0 saturated carbocycles. The first kappa shape index (κ1) is 43.9. The van der Waals surface area contributed by atoms with Crippen LogP contribution in [0.15, 0.2) is 89.6 Å². The minimum absolute atomic E-state index is 0.00882. The van der Waals surface area contributed by atoms with Gasteiger partial charge in [-0.05, 0) is 99.0 Å². The number of hydrogen-bond acceptors (Lipinski definition) is 12. The number of nitrogens with zero attached hydrogens (tertiary/aromatic N) is 4. The van der Waals surface area contributed by atoms with Crippen molar-refractivity contribution in [1.82, 2.24) is 25.4 Å². The van der Waals surface area contributed by atoms with E-state index in [0.29, 0.717) is 81.5 Å². The highest BCUT2D eigenvalue weighted by Crippen LogP contribution is 2.40. The monoisotopic (exact) mass is 890 g/mol. The van der Waals surface area contributed by atoms with Gasteiger partial charge in [-0.25, -0.2) is 0 Å². The summed E-state index contributed by atoms with van der Waals surface area (Å²) in [6, 6.07) is 20.4. The SMILES string of the molecule is CC1=C(c2ccc3c(c2)CC(=O)N3)C=CC(NCCOCCOCCOCCOc2ccc(NC(=O)CC3N=C(c4ccc(Cl)cc4)c4c(sc(C)c4C)-n4c(C)nnc43)cc2)N1. The molecule has 3 aliphatic heterocycles. The molecule has 0 fully saturated rings. The highest BCUT2D eigenvalue weighted by molar-refractivity contribution is 7.15. The third-order valence-electron chi connectivity index (χ3n) is 11.0. The fraction of sp³-hybridized carbons (Fsp3) is 0.340. The summed E-state index contributed by atoms with van der Waals surface area (Å²) in [5.74, 6) is 1.87. The van der Waals surface area contributed by atoms with Crippen molar-refractivity contribution < 1.29 is 28.5 Å². The van der Waals surface area contributed by atoms with Gasteiger partial charge in [-0.1, -0.05) is 35.9 Å². The van der Waals surface area contributed by atoms with Crippen LogP contribution in [0.25, 0.3) is 10.6 Å². The Labute approximate surface area is 375 Å². The molecule has 0 aliphatic carbocycles. The van der Waals surface area contributed by atoms with E-state index in [-0.39, 0.29) is 24.4 Å². The summed E-state index contributed by atoms with van der Waals surface area (Å²) in [5.41, 5.74) is 9.72. The van der Waals surface area contributed by atoms with Gasteiger partial charge < -0.3 is 34.9 Å². The van der Waals surface area contributed by atoms with Gasteiger partial charge in [0, 0.05) is 50.2 Å². The molecule has 2 aromatic heterocycles. The van der Waals surface area contributed by atoms with E-state index in [9.17, 15) is 9.59 Å². The Morgan fingerprint density at radius 2 is 1.60 bits per heavy atom. The Morgan fingerprint density at radius 1 is 0.889 bits per heavy atom. The van der Waals surface area contributed by atoms with Crippen LogP contribution in [-0.2, 0) is 30.2 Å². The number of aromatic nitrogens is 3. The van der Waals surface area contributed by atoms with Gasteiger partial charge in [0.2, 0.25) is 11.8 Å². The molecule has 5 aromatic rings. The van der Waals surface area contributed by atoms with Crippen molar-refractivity contribution >= 4 is 57.4 Å². The van der Waals surface area contributed by atoms with E-state index in [1.165, 1.54) is 4.88 Å². The predicted molar refractivity (Wildman–Crippen MR) is 246 cm³/mol. The van der Waals surface area contributed by atoms with E-state index >= 15 is 0 Å². The van der Waals surface area contributed by atoms with Crippen LogP contribution in [0.1, 0.15) is 63.7 Å². The average Bonchev–Trinajstić information content (AvgIpc) is 3.91. The van der Waals surface area contributed by atoms with E-state index in [4.69, 9.17) is 35.5 Å². The van der Waals surface area contributed by atoms with E-state index in [0.717, 1.165) is 61.3 Å². The van der Waals surface area contributed by atoms with E-state index in [1.807, 2.05) is 72.2 Å². The van der Waals surface area contributed by atoms with Crippen molar-refractivity contribution in [3.8, 4) is 10.8 Å². The first-order valence-electron chi connectivity index (χ1n) is 21.1. The Balaban J connectivity index is 0.699. The second-order valence-corrected chi connectivity index (χ2v) is 17.1. The lowest BCUT2D eigenvalue weighted by Crippen LogP contribution is -2.42. The fourth-order valence-electron chi connectivity index (χ4n) is 7.71. The summed E-state index contributed by atoms with van der Waals surface area (Å²) in [4.78, 5) is 31.6. The number of aryl methyl sites for hydroxylation is 2. The Hall–Kier alpha value is -5.68. The molecule has 5 heterocycles. The number of dihydropyridines is 1. The molecule has 0 spiro atoms. The quantitative estimate of drug-likeness (QED) is 0.0622. The van der Waals surface area contributed by atoms with Crippen molar-refractivity contribution in [2.75, 3.05) is 63.4 Å². The number of nitrogens with one attached hydrogen (secondary N) is 4. The van der Waals surface area contributed by atoms with Gasteiger partial charge in [-0.3, -0.25) is 24.5 Å². The minimum atomic E-state index is -0.567. The second-order valence-electron chi connectivity index (χ2n) is 15.4. The van der Waals surface area contributed by atoms with E-state index in [1.54, 1.807) is 11.3 Å². The fourth-order valence-corrected chi connectivity index (χ4v) is 9.05. The topological polar surface area (TPSA) is 162 Å². The molecule has 0 radical (unpaired) electrons. The van der Waals surface area contributed by atoms with Crippen molar-refractivity contribution in [2.24, 2.45) is 4.99 Å². The number of amides is 2.